The van der Waals surface area contributed by atoms with Crippen LogP contribution in [0.15, 0.2) is 42.6 Å². The Labute approximate surface area is 106 Å². The van der Waals surface area contributed by atoms with Crippen LogP contribution in [-0.4, -0.2) is 16.7 Å². The van der Waals surface area contributed by atoms with Gasteiger partial charge in [-0.15, -0.1) is 0 Å². The quantitative estimate of drug-likeness (QED) is 0.842. The highest BCUT2D eigenvalue weighted by atomic mass is 16.5. The van der Waals surface area contributed by atoms with Crippen molar-refractivity contribution in [3.05, 3.63) is 53.9 Å². The van der Waals surface area contributed by atoms with Gasteiger partial charge in [0, 0.05) is 25.4 Å². The van der Waals surface area contributed by atoms with E-state index in [0.29, 0.717) is 18.7 Å². The monoisotopic (exact) mass is 244 g/mol. The highest BCUT2D eigenvalue weighted by Gasteiger charge is 2.04. The van der Waals surface area contributed by atoms with Crippen LogP contribution in [0, 0.1) is 0 Å². The number of nitrogens with zero attached hydrogens (tertiary/aromatic N) is 1. The molecule has 0 bridgehead atoms. The molecule has 0 fully saturated rings. The third-order valence-corrected chi connectivity index (χ3v) is 2.58. The summed E-state index contributed by atoms with van der Waals surface area (Å²) in [6.07, 6.45) is 2.25. The molecule has 0 aliphatic heterocycles. The smallest absolute Gasteiger partial charge is 0.130 e. The van der Waals surface area contributed by atoms with Crippen LogP contribution in [0.2, 0.25) is 0 Å². The van der Waals surface area contributed by atoms with Gasteiger partial charge in [-0.25, -0.2) is 0 Å². The lowest BCUT2D eigenvalue weighted by molar-refractivity contribution is 0.298. The fraction of sp³-hybridized carbons (Fsp3) is 0.214. The van der Waals surface area contributed by atoms with Crippen molar-refractivity contribution in [2.45, 2.75) is 13.0 Å². The van der Waals surface area contributed by atoms with Gasteiger partial charge >= 0.3 is 0 Å². The Kier molecular flexibility index (Phi) is 4.28. The Morgan fingerprint density at radius 1 is 1.22 bits per heavy atom. The van der Waals surface area contributed by atoms with Gasteiger partial charge in [0.25, 0.3) is 0 Å². The molecule has 0 amide bonds. The van der Waals surface area contributed by atoms with Crippen LogP contribution < -0.4 is 10.5 Å². The van der Waals surface area contributed by atoms with E-state index in [1.807, 2.05) is 30.3 Å². The van der Waals surface area contributed by atoms with Crippen LogP contribution in [0.5, 0.6) is 11.5 Å². The van der Waals surface area contributed by atoms with Gasteiger partial charge in [-0.3, -0.25) is 4.98 Å². The number of hydrogen-bond donors (Lipinski definition) is 2. The van der Waals surface area contributed by atoms with E-state index in [-0.39, 0.29) is 6.61 Å². The van der Waals surface area contributed by atoms with E-state index in [0.717, 1.165) is 17.0 Å². The maximum Gasteiger partial charge on any atom is 0.130 e. The third-order valence-electron chi connectivity index (χ3n) is 2.58. The van der Waals surface area contributed by atoms with Gasteiger partial charge in [0.15, 0.2) is 0 Å². The molecule has 1 aromatic carbocycles. The molecule has 0 unspecified atom stereocenters. The van der Waals surface area contributed by atoms with Crippen molar-refractivity contribution in [3.8, 4) is 11.5 Å². The predicted molar refractivity (Wildman–Crippen MR) is 69.4 cm³/mol. The number of aliphatic hydroxyl groups is 1. The molecule has 1 aromatic heterocycles. The maximum absolute atomic E-state index is 9.01. The third kappa shape index (κ3) is 3.06. The first-order valence-corrected chi connectivity index (χ1v) is 5.85. The molecule has 1 heterocycles. The molecule has 94 valence electrons. The number of rotatable bonds is 5. The fourth-order valence-electron chi connectivity index (χ4n) is 1.69. The summed E-state index contributed by atoms with van der Waals surface area (Å²) in [6, 6.07) is 11.3. The summed E-state index contributed by atoms with van der Waals surface area (Å²) in [6.45, 7) is 0.486. The standard InChI is InChI=1S/C14H16N2O2/c15-10-12-9-13(5-7-16-12)18-14-4-2-1-3-11(14)6-8-17/h1-5,7,9,17H,6,8,10,15H2. The largest absolute Gasteiger partial charge is 0.457 e. The van der Waals surface area contributed by atoms with E-state index < -0.39 is 0 Å². The minimum atomic E-state index is 0.102. The van der Waals surface area contributed by atoms with Crippen molar-refractivity contribution in [3.63, 3.8) is 0 Å². The van der Waals surface area contributed by atoms with Gasteiger partial charge < -0.3 is 15.6 Å². The first-order valence-electron chi connectivity index (χ1n) is 5.85. The van der Waals surface area contributed by atoms with Gasteiger partial charge in [0.1, 0.15) is 11.5 Å². The van der Waals surface area contributed by atoms with E-state index in [1.54, 1.807) is 12.3 Å². The SMILES string of the molecule is NCc1cc(Oc2ccccc2CCO)ccn1. The van der Waals surface area contributed by atoms with Crippen molar-refractivity contribution >= 4 is 0 Å². The number of benzene rings is 1. The molecule has 0 aliphatic rings. The van der Waals surface area contributed by atoms with Crippen LogP contribution in [0.3, 0.4) is 0 Å². The second-order valence-electron chi connectivity index (χ2n) is 3.87. The number of hydrogen-bond acceptors (Lipinski definition) is 4. The number of aliphatic hydroxyl groups excluding tert-OH is 1. The van der Waals surface area contributed by atoms with E-state index >= 15 is 0 Å². The molecule has 2 aromatic rings. The van der Waals surface area contributed by atoms with Gasteiger partial charge in [-0.2, -0.15) is 0 Å². The molecule has 0 radical (unpaired) electrons. The summed E-state index contributed by atoms with van der Waals surface area (Å²) < 4.78 is 5.80. The van der Waals surface area contributed by atoms with E-state index in [4.69, 9.17) is 15.6 Å². The highest BCUT2D eigenvalue weighted by molar-refractivity contribution is 5.38. The summed E-state index contributed by atoms with van der Waals surface area (Å²) in [5.41, 5.74) is 7.30. The zero-order valence-electron chi connectivity index (χ0n) is 10.0. The van der Waals surface area contributed by atoms with E-state index in [2.05, 4.69) is 4.98 Å². The van der Waals surface area contributed by atoms with Gasteiger partial charge in [-0.05, 0) is 24.1 Å². The molecular formula is C14H16N2O2. The lowest BCUT2D eigenvalue weighted by Gasteiger charge is -2.10. The molecule has 0 atom stereocenters. The Morgan fingerprint density at radius 3 is 2.83 bits per heavy atom. The number of para-hydroxylation sites is 1. The predicted octanol–water partition coefficient (Wildman–Crippen LogP) is 1.87. The topological polar surface area (TPSA) is 68.4 Å². The number of aromatic nitrogens is 1. The summed E-state index contributed by atoms with van der Waals surface area (Å²) in [4.78, 5) is 4.11. The minimum absolute atomic E-state index is 0.102. The number of nitrogens with two attached hydrogens (primary N) is 1. The Balaban J connectivity index is 2.22. The molecule has 4 heteroatoms. The highest BCUT2D eigenvalue weighted by Crippen LogP contribution is 2.25. The summed E-state index contributed by atoms with van der Waals surface area (Å²) in [7, 11) is 0. The van der Waals surface area contributed by atoms with Crippen LogP contribution >= 0.6 is 0 Å². The summed E-state index contributed by atoms with van der Waals surface area (Å²) >= 11 is 0. The summed E-state index contributed by atoms with van der Waals surface area (Å²) in [5, 5.41) is 9.01. The normalized spacial score (nSPS) is 10.3. The van der Waals surface area contributed by atoms with Crippen LogP contribution in [0.1, 0.15) is 11.3 Å². The zero-order chi connectivity index (χ0) is 12.8. The lowest BCUT2D eigenvalue weighted by atomic mass is 10.1. The number of pyridine rings is 1. The first-order chi connectivity index (χ1) is 8.83. The van der Waals surface area contributed by atoms with E-state index in [9.17, 15) is 0 Å². The molecule has 0 saturated carbocycles. The molecule has 0 spiro atoms. The summed E-state index contributed by atoms with van der Waals surface area (Å²) in [5.74, 6) is 1.46. The van der Waals surface area contributed by atoms with Crippen molar-refractivity contribution in [1.29, 1.82) is 0 Å². The zero-order valence-corrected chi connectivity index (χ0v) is 10.0. The average molecular weight is 244 g/mol. The molecule has 18 heavy (non-hydrogen) atoms. The van der Waals surface area contributed by atoms with Crippen LogP contribution in [0.25, 0.3) is 0 Å². The first kappa shape index (κ1) is 12.5. The van der Waals surface area contributed by atoms with Crippen molar-refractivity contribution in [1.82, 2.24) is 4.98 Å². The van der Waals surface area contributed by atoms with Gasteiger partial charge in [0.2, 0.25) is 0 Å². The molecule has 0 saturated heterocycles. The number of ether oxygens (including phenoxy) is 1. The second-order valence-corrected chi connectivity index (χ2v) is 3.87. The van der Waals surface area contributed by atoms with Crippen molar-refractivity contribution in [2.75, 3.05) is 6.61 Å². The van der Waals surface area contributed by atoms with Crippen molar-refractivity contribution < 1.29 is 9.84 Å². The van der Waals surface area contributed by atoms with Crippen molar-refractivity contribution in [2.24, 2.45) is 5.73 Å². The Bertz CT molecular complexity index is 515. The van der Waals surface area contributed by atoms with Gasteiger partial charge in [0.05, 0.1) is 5.69 Å². The molecule has 0 aliphatic carbocycles. The van der Waals surface area contributed by atoms with E-state index in [1.165, 1.54) is 0 Å². The van der Waals surface area contributed by atoms with Crippen LogP contribution in [-0.2, 0) is 13.0 Å². The molecule has 4 nitrogen and oxygen atoms in total. The second kappa shape index (κ2) is 6.14. The lowest BCUT2D eigenvalue weighted by Crippen LogP contribution is -2.00. The molecule has 2 rings (SSSR count). The Hall–Kier alpha value is -1.91. The molecular weight excluding hydrogens is 228 g/mol. The Morgan fingerprint density at radius 2 is 2.06 bits per heavy atom. The van der Waals surface area contributed by atoms with Gasteiger partial charge in [-0.1, -0.05) is 18.2 Å². The molecule has 3 N–H and O–H groups in total. The minimum Gasteiger partial charge on any atom is -0.457 e. The van der Waals surface area contributed by atoms with Crippen LogP contribution in [0.4, 0.5) is 0 Å². The maximum atomic E-state index is 9.01. The average Bonchev–Trinajstić information content (AvgIpc) is 2.41. The fourth-order valence-corrected chi connectivity index (χ4v) is 1.69.